The van der Waals surface area contributed by atoms with Crippen LogP contribution in [0.4, 0.5) is 0 Å². The van der Waals surface area contributed by atoms with Gasteiger partial charge in [-0.05, 0) is 30.0 Å². The number of hydrogen-bond acceptors (Lipinski definition) is 4. The van der Waals surface area contributed by atoms with Gasteiger partial charge in [-0.3, -0.25) is 9.78 Å². The Kier molecular flexibility index (Phi) is 4.87. The Morgan fingerprint density at radius 1 is 1.24 bits per heavy atom. The third kappa shape index (κ3) is 3.88. The first kappa shape index (κ1) is 17.6. The minimum atomic E-state index is -3.25. The maximum atomic E-state index is 12.7. The van der Waals surface area contributed by atoms with E-state index in [0.717, 1.165) is 16.7 Å². The highest BCUT2D eigenvalue weighted by atomic mass is 32.2. The Hall–Kier alpha value is -2.25. The summed E-state index contributed by atoms with van der Waals surface area (Å²) in [5, 5.41) is 2.99. The molecule has 7 heteroatoms. The minimum Gasteiger partial charge on any atom is -0.345 e. The van der Waals surface area contributed by atoms with Crippen molar-refractivity contribution in [2.75, 3.05) is 12.8 Å². The van der Waals surface area contributed by atoms with Gasteiger partial charge in [-0.25, -0.2) is 8.42 Å². The fraction of sp³-hybridized carbons (Fsp3) is 0.333. The molecule has 3 rings (SSSR count). The number of carbonyl (C=O) groups is 1. The van der Waals surface area contributed by atoms with Crippen molar-refractivity contribution in [2.45, 2.75) is 25.9 Å². The van der Waals surface area contributed by atoms with Gasteiger partial charge in [0.15, 0.2) is 0 Å². The molecule has 2 aromatic rings. The molecule has 132 valence electrons. The molecule has 6 nitrogen and oxygen atoms in total. The standard InChI is InChI=1S/C18H21N3O3S/c1-13(14-6-4-3-5-7-14)20-18(22)17-11-19-10-15-12-21(25(2,23)24)9-8-16(15)17/h3-7,10-11,13H,8-9,12H2,1-2H3,(H,20,22). The number of rotatable bonds is 4. The zero-order chi connectivity index (χ0) is 18.0. The van der Waals surface area contributed by atoms with Crippen molar-refractivity contribution < 1.29 is 13.2 Å². The molecule has 1 N–H and O–H groups in total. The second-order valence-corrected chi connectivity index (χ2v) is 8.26. The molecule has 2 heterocycles. The molecule has 0 saturated heterocycles. The lowest BCUT2D eigenvalue weighted by atomic mass is 9.97. The largest absolute Gasteiger partial charge is 0.345 e. The summed E-state index contributed by atoms with van der Waals surface area (Å²) < 4.78 is 24.9. The van der Waals surface area contributed by atoms with E-state index in [2.05, 4.69) is 10.3 Å². The van der Waals surface area contributed by atoms with Crippen molar-refractivity contribution in [1.82, 2.24) is 14.6 Å². The summed E-state index contributed by atoms with van der Waals surface area (Å²) in [6.45, 7) is 2.57. The Morgan fingerprint density at radius 2 is 1.96 bits per heavy atom. The molecule has 0 bridgehead atoms. The summed E-state index contributed by atoms with van der Waals surface area (Å²) in [4.78, 5) is 16.8. The van der Waals surface area contributed by atoms with Gasteiger partial charge in [0.05, 0.1) is 17.9 Å². The lowest BCUT2D eigenvalue weighted by Crippen LogP contribution is -2.37. The number of hydrogen-bond donors (Lipinski definition) is 1. The SMILES string of the molecule is CC(NC(=O)c1cncc2c1CCN(S(C)(=O)=O)C2)c1ccccc1. The minimum absolute atomic E-state index is 0.124. The molecular formula is C18H21N3O3S. The summed E-state index contributed by atoms with van der Waals surface area (Å²) >= 11 is 0. The smallest absolute Gasteiger partial charge is 0.253 e. The number of fused-ring (bicyclic) bond motifs is 1. The molecule has 1 aromatic carbocycles. The van der Waals surface area contributed by atoms with E-state index >= 15 is 0 Å². The molecule has 0 aliphatic carbocycles. The van der Waals surface area contributed by atoms with Crippen LogP contribution in [0.2, 0.25) is 0 Å². The van der Waals surface area contributed by atoms with Crippen molar-refractivity contribution in [3.8, 4) is 0 Å². The molecule has 0 saturated carbocycles. The van der Waals surface area contributed by atoms with Gasteiger partial charge < -0.3 is 5.32 Å². The third-order valence-electron chi connectivity index (χ3n) is 4.47. The number of benzene rings is 1. The Bertz CT molecular complexity index is 882. The lowest BCUT2D eigenvalue weighted by molar-refractivity contribution is 0.0938. The molecule has 1 unspecified atom stereocenters. The second-order valence-electron chi connectivity index (χ2n) is 6.28. The van der Waals surface area contributed by atoms with Gasteiger partial charge in [-0.2, -0.15) is 4.31 Å². The third-order valence-corrected chi connectivity index (χ3v) is 5.72. The van der Waals surface area contributed by atoms with Crippen LogP contribution in [-0.2, 0) is 23.0 Å². The number of amides is 1. The first-order valence-corrected chi connectivity index (χ1v) is 9.98. The van der Waals surface area contributed by atoms with E-state index in [1.165, 1.54) is 10.6 Å². The summed E-state index contributed by atoms with van der Waals surface area (Å²) in [5.74, 6) is -0.187. The topological polar surface area (TPSA) is 79.4 Å². The van der Waals surface area contributed by atoms with E-state index < -0.39 is 10.0 Å². The molecule has 0 fully saturated rings. The number of nitrogens with zero attached hydrogens (tertiary/aromatic N) is 2. The highest BCUT2D eigenvalue weighted by Gasteiger charge is 2.27. The zero-order valence-electron chi connectivity index (χ0n) is 14.3. The maximum Gasteiger partial charge on any atom is 0.253 e. The highest BCUT2D eigenvalue weighted by Crippen LogP contribution is 2.23. The molecule has 1 amide bonds. The number of aromatic nitrogens is 1. The maximum absolute atomic E-state index is 12.7. The van der Waals surface area contributed by atoms with Gasteiger partial charge in [0.25, 0.3) is 5.91 Å². The van der Waals surface area contributed by atoms with E-state index in [1.807, 2.05) is 37.3 Å². The Morgan fingerprint density at radius 3 is 2.64 bits per heavy atom. The molecule has 1 aliphatic rings. The zero-order valence-corrected chi connectivity index (χ0v) is 15.1. The van der Waals surface area contributed by atoms with Crippen LogP contribution in [0.3, 0.4) is 0 Å². The van der Waals surface area contributed by atoms with E-state index in [9.17, 15) is 13.2 Å². The van der Waals surface area contributed by atoms with Crippen LogP contribution in [0.15, 0.2) is 42.7 Å². The van der Waals surface area contributed by atoms with Crippen LogP contribution in [0.1, 0.15) is 40.0 Å². The van der Waals surface area contributed by atoms with E-state index in [1.54, 1.807) is 12.4 Å². The summed E-state index contributed by atoms with van der Waals surface area (Å²) in [6, 6.07) is 9.61. The van der Waals surface area contributed by atoms with Crippen molar-refractivity contribution in [1.29, 1.82) is 0 Å². The van der Waals surface area contributed by atoms with E-state index in [-0.39, 0.29) is 18.5 Å². The van der Waals surface area contributed by atoms with Gasteiger partial charge in [0.2, 0.25) is 10.0 Å². The predicted octanol–water partition coefficient (Wildman–Crippen LogP) is 1.89. The lowest BCUT2D eigenvalue weighted by Gasteiger charge is -2.27. The van der Waals surface area contributed by atoms with Crippen LogP contribution in [0.5, 0.6) is 0 Å². The van der Waals surface area contributed by atoms with Crippen LogP contribution in [0, 0.1) is 0 Å². The van der Waals surface area contributed by atoms with E-state index in [0.29, 0.717) is 18.5 Å². The quantitative estimate of drug-likeness (QED) is 0.904. The predicted molar refractivity (Wildman–Crippen MR) is 95.5 cm³/mol. The summed E-state index contributed by atoms with van der Waals surface area (Å²) in [6.07, 6.45) is 4.91. The molecule has 1 atom stereocenters. The summed E-state index contributed by atoms with van der Waals surface area (Å²) in [5.41, 5.74) is 3.22. The van der Waals surface area contributed by atoms with Crippen LogP contribution >= 0.6 is 0 Å². The van der Waals surface area contributed by atoms with Crippen LogP contribution in [-0.4, -0.2) is 36.4 Å². The number of pyridine rings is 1. The van der Waals surface area contributed by atoms with Gasteiger partial charge in [-0.1, -0.05) is 30.3 Å². The van der Waals surface area contributed by atoms with Crippen LogP contribution < -0.4 is 5.32 Å². The Balaban J connectivity index is 1.81. The fourth-order valence-electron chi connectivity index (χ4n) is 3.05. The van der Waals surface area contributed by atoms with Gasteiger partial charge >= 0.3 is 0 Å². The molecule has 25 heavy (non-hydrogen) atoms. The van der Waals surface area contributed by atoms with Crippen molar-refractivity contribution >= 4 is 15.9 Å². The van der Waals surface area contributed by atoms with Crippen molar-refractivity contribution in [3.63, 3.8) is 0 Å². The van der Waals surface area contributed by atoms with Crippen molar-refractivity contribution in [3.05, 3.63) is 65.0 Å². The van der Waals surface area contributed by atoms with Crippen molar-refractivity contribution in [2.24, 2.45) is 0 Å². The monoisotopic (exact) mass is 359 g/mol. The normalized spacial score (nSPS) is 16.1. The number of sulfonamides is 1. The van der Waals surface area contributed by atoms with Gasteiger partial charge in [0, 0.05) is 25.5 Å². The molecule has 1 aliphatic heterocycles. The van der Waals surface area contributed by atoms with E-state index in [4.69, 9.17) is 0 Å². The first-order valence-electron chi connectivity index (χ1n) is 8.13. The van der Waals surface area contributed by atoms with Gasteiger partial charge in [0.1, 0.15) is 0 Å². The number of carbonyl (C=O) groups excluding carboxylic acids is 1. The first-order chi connectivity index (χ1) is 11.9. The molecule has 0 radical (unpaired) electrons. The second kappa shape index (κ2) is 6.93. The van der Waals surface area contributed by atoms with Crippen LogP contribution in [0.25, 0.3) is 0 Å². The molecule has 1 aromatic heterocycles. The average Bonchev–Trinajstić information content (AvgIpc) is 2.60. The molecular weight excluding hydrogens is 338 g/mol. The number of nitrogens with one attached hydrogen (secondary N) is 1. The highest BCUT2D eigenvalue weighted by molar-refractivity contribution is 7.88. The fourth-order valence-corrected chi connectivity index (χ4v) is 3.84. The summed E-state index contributed by atoms with van der Waals surface area (Å²) in [7, 11) is -3.25. The van der Waals surface area contributed by atoms with Gasteiger partial charge in [-0.15, -0.1) is 0 Å². The average molecular weight is 359 g/mol. The Labute approximate surface area is 147 Å². The molecule has 0 spiro atoms.